The van der Waals surface area contributed by atoms with Crippen LogP contribution in [0, 0.1) is 5.92 Å². The van der Waals surface area contributed by atoms with E-state index >= 15 is 0 Å². The number of carboxylic acid groups (broad SMARTS) is 1. The topological polar surface area (TPSA) is 87.1 Å². The minimum atomic E-state index is -3.37. The quantitative estimate of drug-likeness (QED) is 0.199. The molecule has 1 aliphatic rings. The molecule has 6 nitrogen and oxygen atoms in total. The average molecular weight is 538 g/mol. The Morgan fingerprint density at radius 1 is 1.11 bits per heavy atom. The van der Waals surface area contributed by atoms with Gasteiger partial charge in [0, 0.05) is 23.9 Å². The van der Waals surface area contributed by atoms with Crippen LogP contribution in [-0.2, 0) is 17.6 Å². The van der Waals surface area contributed by atoms with E-state index in [1.54, 1.807) is 12.1 Å². The normalized spacial score (nSPS) is 18.6. The fourth-order valence-corrected chi connectivity index (χ4v) is 5.82. The number of hydrogen-bond donors (Lipinski definition) is 2. The number of thiophene rings is 1. The van der Waals surface area contributed by atoms with Gasteiger partial charge in [-0.3, -0.25) is 4.79 Å². The summed E-state index contributed by atoms with van der Waals surface area (Å²) in [6.07, 6.45) is 4.37. The van der Waals surface area contributed by atoms with Crippen LogP contribution in [-0.4, -0.2) is 51.8 Å². The summed E-state index contributed by atoms with van der Waals surface area (Å²) in [7, 11) is 0. The molecule has 0 aliphatic carbocycles. The number of carbonyl (C=O) groups excluding carboxylic acids is 1. The predicted octanol–water partition coefficient (Wildman–Crippen LogP) is 6.55. The smallest absolute Gasteiger partial charge is 0.449 e. The molecule has 1 fully saturated rings. The highest BCUT2D eigenvalue weighted by molar-refractivity contribution is 7.13. The van der Waals surface area contributed by atoms with Crippen molar-refractivity contribution >= 4 is 23.4 Å². The zero-order chi connectivity index (χ0) is 26.8. The van der Waals surface area contributed by atoms with Gasteiger partial charge in [0.2, 0.25) is 0 Å². The first kappa shape index (κ1) is 29.0. The van der Waals surface area contributed by atoms with Gasteiger partial charge in [0.25, 0.3) is 5.91 Å². The van der Waals surface area contributed by atoms with Gasteiger partial charge in [-0.2, -0.15) is 8.78 Å². The number of likely N-dealkylation sites (tertiary alicyclic amines) is 1. The Morgan fingerprint density at radius 2 is 1.86 bits per heavy atom. The first-order chi connectivity index (χ1) is 17.7. The Bertz CT molecular complexity index is 999. The van der Waals surface area contributed by atoms with Gasteiger partial charge in [0.05, 0.1) is 6.10 Å². The number of nitrogens with zero attached hydrogens (tertiary/aromatic N) is 1. The van der Waals surface area contributed by atoms with Crippen LogP contribution < -0.4 is 4.74 Å². The van der Waals surface area contributed by atoms with Crippen molar-refractivity contribution in [1.29, 1.82) is 0 Å². The number of amides is 1. The zero-order valence-electron chi connectivity index (χ0n) is 21.3. The third-order valence-electron chi connectivity index (χ3n) is 7.07. The van der Waals surface area contributed by atoms with Crippen molar-refractivity contribution in [3.05, 3.63) is 52.9 Å². The number of carbonyl (C=O) groups is 2. The molecule has 3 rings (SSSR count). The average Bonchev–Trinajstić information content (AvgIpc) is 3.38. The molecule has 3 atom stereocenters. The van der Waals surface area contributed by atoms with E-state index in [4.69, 9.17) is 5.11 Å². The van der Waals surface area contributed by atoms with E-state index in [1.807, 2.05) is 25.1 Å². The van der Waals surface area contributed by atoms with Crippen molar-refractivity contribution < 1.29 is 33.3 Å². The zero-order valence-corrected chi connectivity index (χ0v) is 22.1. The molecule has 0 spiro atoms. The molecule has 1 aliphatic heterocycles. The molecule has 9 heteroatoms. The summed E-state index contributed by atoms with van der Waals surface area (Å²) >= 11 is 1.18. The van der Waals surface area contributed by atoms with E-state index in [-0.39, 0.29) is 17.5 Å². The lowest BCUT2D eigenvalue weighted by Gasteiger charge is -2.26. The first-order valence-corrected chi connectivity index (χ1v) is 13.9. The maximum absolute atomic E-state index is 14.2. The second-order valence-electron chi connectivity index (χ2n) is 9.96. The van der Waals surface area contributed by atoms with Gasteiger partial charge in [-0.15, -0.1) is 11.3 Å². The van der Waals surface area contributed by atoms with Crippen LogP contribution in [0.4, 0.5) is 13.6 Å². The number of aliphatic hydroxyl groups excluding tert-OH is 1. The Morgan fingerprint density at radius 3 is 2.59 bits per heavy atom. The fourth-order valence-electron chi connectivity index (χ4n) is 4.93. The molecule has 204 valence electrons. The lowest BCUT2D eigenvalue weighted by Crippen LogP contribution is -2.37. The molecule has 0 radical (unpaired) electrons. The molecule has 37 heavy (non-hydrogen) atoms. The minimum Gasteiger partial charge on any atom is -0.449 e. The molecular weight excluding hydrogens is 500 g/mol. The number of aryl methyl sites for hydroxylation is 2. The number of hydrogen-bond acceptors (Lipinski definition) is 5. The van der Waals surface area contributed by atoms with Crippen LogP contribution in [0.5, 0.6) is 5.06 Å². The van der Waals surface area contributed by atoms with E-state index in [1.165, 1.54) is 21.8 Å². The molecule has 0 saturated carbocycles. The lowest BCUT2D eigenvalue weighted by molar-refractivity contribution is -0.148. The van der Waals surface area contributed by atoms with Gasteiger partial charge in [-0.05, 0) is 68.6 Å². The molecule has 1 aromatic carbocycles. The molecule has 0 unspecified atom stereocenters. The van der Waals surface area contributed by atoms with E-state index < -0.39 is 36.6 Å². The predicted molar refractivity (Wildman–Crippen MR) is 139 cm³/mol. The second-order valence-corrected chi connectivity index (χ2v) is 11.1. The van der Waals surface area contributed by atoms with Gasteiger partial charge in [0.15, 0.2) is 5.06 Å². The highest BCUT2D eigenvalue weighted by Gasteiger charge is 2.52. The van der Waals surface area contributed by atoms with Crippen molar-refractivity contribution in [1.82, 2.24) is 4.90 Å². The van der Waals surface area contributed by atoms with Crippen LogP contribution >= 0.6 is 11.3 Å². The summed E-state index contributed by atoms with van der Waals surface area (Å²) in [6.45, 7) is 2.19. The van der Waals surface area contributed by atoms with E-state index in [9.17, 15) is 23.5 Å². The monoisotopic (exact) mass is 537 g/mol. The SMILES string of the molecule is C[C@@H](CCCCCc1ccccc1)[C@H](O)CC[C@H]1CC(F)(F)C(=O)N1CCCc1ccc(OC(=O)O)s1. The Hall–Kier alpha value is -2.52. The summed E-state index contributed by atoms with van der Waals surface area (Å²) in [5.74, 6) is -4.44. The highest BCUT2D eigenvalue weighted by atomic mass is 32.1. The van der Waals surface area contributed by atoms with Crippen molar-refractivity contribution in [2.75, 3.05) is 6.54 Å². The molecule has 2 heterocycles. The molecular formula is C28H37F2NO5S. The van der Waals surface area contributed by atoms with Crippen molar-refractivity contribution in [2.45, 2.75) is 89.2 Å². The number of alkyl halides is 2. The lowest BCUT2D eigenvalue weighted by atomic mass is 9.92. The highest BCUT2D eigenvalue weighted by Crippen LogP contribution is 2.36. The van der Waals surface area contributed by atoms with Gasteiger partial charge in [-0.25, -0.2) is 4.79 Å². The van der Waals surface area contributed by atoms with Crippen molar-refractivity contribution in [3.63, 3.8) is 0 Å². The first-order valence-electron chi connectivity index (χ1n) is 13.1. The van der Waals surface area contributed by atoms with Gasteiger partial charge < -0.3 is 19.8 Å². The maximum atomic E-state index is 14.2. The van der Waals surface area contributed by atoms with Crippen LogP contribution in [0.1, 0.15) is 68.7 Å². The summed E-state index contributed by atoms with van der Waals surface area (Å²) in [4.78, 5) is 25.1. The van der Waals surface area contributed by atoms with Crippen molar-refractivity contribution in [2.24, 2.45) is 5.92 Å². The van der Waals surface area contributed by atoms with Crippen molar-refractivity contribution in [3.8, 4) is 5.06 Å². The summed E-state index contributed by atoms with van der Waals surface area (Å²) in [6, 6.07) is 13.0. The van der Waals surface area contributed by atoms with Crippen LogP contribution in [0.15, 0.2) is 42.5 Å². The molecule has 2 N–H and O–H groups in total. The Kier molecular flexibility index (Phi) is 10.9. The summed E-state index contributed by atoms with van der Waals surface area (Å²) in [5, 5.41) is 19.6. The molecule has 1 aromatic heterocycles. The second kappa shape index (κ2) is 13.9. The third-order valence-corrected chi connectivity index (χ3v) is 8.10. The van der Waals surface area contributed by atoms with Gasteiger partial charge in [-0.1, -0.05) is 50.1 Å². The van der Waals surface area contributed by atoms with Crippen LogP contribution in [0.2, 0.25) is 0 Å². The van der Waals surface area contributed by atoms with E-state index in [0.717, 1.165) is 37.0 Å². The van der Waals surface area contributed by atoms with E-state index in [2.05, 4.69) is 16.9 Å². The Labute approximate surface area is 221 Å². The third kappa shape index (κ3) is 9.07. The number of unbranched alkanes of at least 4 members (excludes halogenated alkanes) is 2. The summed E-state index contributed by atoms with van der Waals surface area (Å²) in [5.41, 5.74) is 1.33. The largest absolute Gasteiger partial charge is 0.512 e. The number of rotatable bonds is 15. The number of ether oxygens (including phenoxy) is 1. The van der Waals surface area contributed by atoms with Gasteiger partial charge in [0.1, 0.15) is 0 Å². The maximum Gasteiger partial charge on any atom is 0.512 e. The van der Waals surface area contributed by atoms with Crippen LogP contribution in [0.25, 0.3) is 0 Å². The number of aliphatic hydroxyl groups is 1. The standard InChI is InChI=1S/C28H37F2NO5S/c1-20(9-4-2-5-10-21-11-6-3-7-12-21)24(32)16-14-22-19-28(29,30)26(33)31(22)18-8-13-23-15-17-25(37-23)36-27(34)35/h3,6-7,11-12,15,17,20,22,24,32H,2,4-5,8-10,13-14,16,18-19H2,1H3,(H,34,35)/t20-,22-,24+/m0/s1. The Balaban J connectivity index is 1.39. The number of benzene rings is 1. The fraction of sp³-hybridized carbons (Fsp3) is 0.571. The summed E-state index contributed by atoms with van der Waals surface area (Å²) < 4.78 is 33.1. The van der Waals surface area contributed by atoms with Crippen LogP contribution in [0.3, 0.4) is 0 Å². The van der Waals surface area contributed by atoms with E-state index in [0.29, 0.717) is 25.7 Å². The molecule has 1 saturated heterocycles. The molecule has 0 bridgehead atoms. The molecule has 2 aromatic rings. The van der Waals surface area contributed by atoms with Gasteiger partial charge >= 0.3 is 12.1 Å². The number of halogens is 2. The minimum absolute atomic E-state index is 0.0730. The molecule has 1 amide bonds.